The first-order valence-electron chi connectivity index (χ1n) is 4.95. The van der Waals surface area contributed by atoms with E-state index >= 15 is 0 Å². The van der Waals surface area contributed by atoms with Crippen LogP contribution in [0.2, 0.25) is 5.02 Å². The SMILES string of the molecule is COc1c(Cl)cc(C2(O)CC2)cc1C(F)(F)F. The van der Waals surface area contributed by atoms with Gasteiger partial charge in [-0.1, -0.05) is 11.6 Å². The van der Waals surface area contributed by atoms with Crippen LogP contribution in [0.3, 0.4) is 0 Å². The highest BCUT2D eigenvalue weighted by Gasteiger charge is 2.45. The average molecular weight is 267 g/mol. The van der Waals surface area contributed by atoms with Gasteiger partial charge in [0.15, 0.2) is 0 Å². The standard InChI is InChI=1S/C11H10ClF3O2/c1-17-9-7(11(13,14)15)4-6(5-8(9)12)10(16)2-3-10/h4-5,16H,2-3H2,1H3. The molecule has 1 aromatic carbocycles. The molecule has 1 fully saturated rings. The molecule has 2 rings (SSSR count). The van der Waals surface area contributed by atoms with Crippen LogP contribution in [0.1, 0.15) is 24.0 Å². The summed E-state index contributed by atoms with van der Waals surface area (Å²) in [5, 5.41) is 9.67. The number of rotatable bonds is 2. The second-order valence-corrected chi connectivity index (χ2v) is 4.48. The zero-order valence-electron chi connectivity index (χ0n) is 8.94. The zero-order valence-corrected chi connectivity index (χ0v) is 9.69. The quantitative estimate of drug-likeness (QED) is 0.889. The summed E-state index contributed by atoms with van der Waals surface area (Å²) in [7, 11) is 1.13. The Morgan fingerprint density at radius 1 is 1.35 bits per heavy atom. The Balaban J connectivity index is 2.58. The fourth-order valence-corrected chi connectivity index (χ4v) is 1.98. The molecule has 0 spiro atoms. The van der Waals surface area contributed by atoms with Gasteiger partial charge in [-0.3, -0.25) is 0 Å². The maximum absolute atomic E-state index is 12.8. The van der Waals surface area contributed by atoms with Crippen LogP contribution in [0.4, 0.5) is 13.2 Å². The molecule has 1 aliphatic carbocycles. The van der Waals surface area contributed by atoms with Crippen molar-refractivity contribution in [2.45, 2.75) is 24.6 Å². The maximum atomic E-state index is 12.8. The first-order chi connectivity index (χ1) is 7.78. The number of hydrogen-bond donors (Lipinski definition) is 1. The Bertz CT molecular complexity index is 453. The van der Waals surface area contributed by atoms with Crippen LogP contribution in [0, 0.1) is 0 Å². The molecule has 0 bridgehead atoms. The summed E-state index contributed by atoms with van der Waals surface area (Å²) < 4.78 is 43.0. The largest absolute Gasteiger partial charge is 0.495 e. The predicted molar refractivity (Wildman–Crippen MR) is 56.1 cm³/mol. The lowest BCUT2D eigenvalue weighted by Gasteiger charge is -2.17. The first kappa shape index (κ1) is 12.5. The van der Waals surface area contributed by atoms with Crippen molar-refractivity contribution >= 4 is 11.6 Å². The lowest BCUT2D eigenvalue weighted by molar-refractivity contribution is -0.138. The Labute approximate surface area is 101 Å². The minimum absolute atomic E-state index is 0.141. The molecular formula is C11H10ClF3O2. The number of aliphatic hydroxyl groups is 1. The molecule has 0 saturated heterocycles. The second-order valence-electron chi connectivity index (χ2n) is 4.07. The van der Waals surface area contributed by atoms with Crippen LogP contribution in [0.15, 0.2) is 12.1 Å². The number of hydrogen-bond acceptors (Lipinski definition) is 2. The average Bonchev–Trinajstić information content (AvgIpc) is 2.95. The number of benzene rings is 1. The first-order valence-corrected chi connectivity index (χ1v) is 5.33. The lowest BCUT2D eigenvalue weighted by Crippen LogP contribution is -2.12. The van der Waals surface area contributed by atoms with Crippen molar-refractivity contribution in [3.8, 4) is 5.75 Å². The number of halogens is 4. The van der Waals surface area contributed by atoms with Crippen LogP contribution in [-0.4, -0.2) is 12.2 Å². The highest BCUT2D eigenvalue weighted by molar-refractivity contribution is 6.32. The van der Waals surface area contributed by atoms with E-state index in [0.717, 1.165) is 13.2 Å². The second kappa shape index (κ2) is 3.78. The van der Waals surface area contributed by atoms with Crippen molar-refractivity contribution in [1.29, 1.82) is 0 Å². The molecule has 0 unspecified atom stereocenters. The lowest BCUT2D eigenvalue weighted by atomic mass is 10.0. The van der Waals surface area contributed by atoms with Gasteiger partial charge >= 0.3 is 6.18 Å². The Morgan fingerprint density at radius 2 is 1.94 bits per heavy atom. The summed E-state index contributed by atoms with van der Waals surface area (Å²) in [6.45, 7) is 0. The van der Waals surface area contributed by atoms with Gasteiger partial charge < -0.3 is 9.84 Å². The molecule has 0 heterocycles. The van der Waals surface area contributed by atoms with Crippen molar-refractivity contribution in [3.63, 3.8) is 0 Å². The van der Waals surface area contributed by atoms with E-state index in [1.54, 1.807) is 0 Å². The Kier molecular flexibility index (Phi) is 2.78. The third-order valence-corrected chi connectivity index (χ3v) is 3.09. The molecule has 1 aromatic rings. The molecule has 1 N–H and O–H groups in total. The van der Waals surface area contributed by atoms with Crippen molar-refractivity contribution in [2.75, 3.05) is 7.11 Å². The molecule has 6 heteroatoms. The van der Waals surface area contributed by atoms with E-state index < -0.39 is 23.1 Å². The van der Waals surface area contributed by atoms with E-state index in [9.17, 15) is 18.3 Å². The van der Waals surface area contributed by atoms with Crippen molar-refractivity contribution in [3.05, 3.63) is 28.3 Å². The Hall–Kier alpha value is -0.940. The van der Waals surface area contributed by atoms with Gasteiger partial charge in [0, 0.05) is 0 Å². The van der Waals surface area contributed by atoms with Crippen LogP contribution in [0.5, 0.6) is 5.75 Å². The van der Waals surface area contributed by atoms with Gasteiger partial charge in [0.25, 0.3) is 0 Å². The smallest absolute Gasteiger partial charge is 0.420 e. The third-order valence-electron chi connectivity index (χ3n) is 2.81. The van der Waals surface area contributed by atoms with Gasteiger partial charge in [0.2, 0.25) is 0 Å². The number of methoxy groups -OCH3 is 1. The summed E-state index contributed by atoms with van der Waals surface area (Å²) >= 11 is 5.74. The van der Waals surface area contributed by atoms with E-state index in [1.165, 1.54) is 6.07 Å². The van der Waals surface area contributed by atoms with Gasteiger partial charge in [-0.2, -0.15) is 13.2 Å². The van der Waals surface area contributed by atoms with Gasteiger partial charge in [-0.25, -0.2) is 0 Å². The van der Waals surface area contributed by atoms with E-state index in [1.807, 2.05) is 0 Å². The van der Waals surface area contributed by atoms with Gasteiger partial charge in [0.1, 0.15) is 5.75 Å². The van der Waals surface area contributed by atoms with Crippen molar-refractivity contribution in [2.24, 2.45) is 0 Å². The summed E-state index contributed by atoms with van der Waals surface area (Å²) in [4.78, 5) is 0. The van der Waals surface area contributed by atoms with Gasteiger partial charge in [-0.05, 0) is 30.5 Å². The number of alkyl halides is 3. The molecular weight excluding hydrogens is 257 g/mol. The molecule has 0 atom stereocenters. The molecule has 0 radical (unpaired) electrons. The highest BCUT2D eigenvalue weighted by Crippen LogP contribution is 2.49. The van der Waals surface area contributed by atoms with Gasteiger partial charge in [-0.15, -0.1) is 0 Å². The molecule has 1 saturated carbocycles. The highest BCUT2D eigenvalue weighted by atomic mass is 35.5. The molecule has 94 valence electrons. The fourth-order valence-electron chi connectivity index (χ4n) is 1.69. The maximum Gasteiger partial charge on any atom is 0.420 e. The van der Waals surface area contributed by atoms with Crippen LogP contribution < -0.4 is 4.74 Å². The van der Waals surface area contributed by atoms with E-state index in [2.05, 4.69) is 4.74 Å². The normalized spacial score (nSPS) is 18.0. The Morgan fingerprint density at radius 3 is 2.35 bits per heavy atom. The minimum atomic E-state index is -4.56. The predicted octanol–water partition coefficient (Wildman–Crippen LogP) is 3.35. The number of ether oxygens (including phenoxy) is 1. The van der Waals surface area contributed by atoms with Crippen LogP contribution in [-0.2, 0) is 11.8 Å². The monoisotopic (exact) mass is 266 g/mol. The zero-order chi connectivity index (χ0) is 12.8. The molecule has 0 aromatic heterocycles. The third kappa shape index (κ3) is 2.21. The van der Waals surface area contributed by atoms with Crippen LogP contribution >= 0.6 is 11.6 Å². The summed E-state index contributed by atoms with van der Waals surface area (Å²) in [5.41, 5.74) is -1.92. The van der Waals surface area contributed by atoms with Crippen molar-refractivity contribution in [1.82, 2.24) is 0 Å². The topological polar surface area (TPSA) is 29.5 Å². The molecule has 0 aliphatic heterocycles. The molecule has 2 nitrogen and oxygen atoms in total. The van der Waals surface area contributed by atoms with E-state index in [4.69, 9.17) is 11.6 Å². The summed E-state index contributed by atoms with van der Waals surface area (Å²) in [6.07, 6.45) is -3.66. The minimum Gasteiger partial charge on any atom is -0.495 e. The summed E-state index contributed by atoms with van der Waals surface area (Å²) in [5.74, 6) is -0.410. The molecule has 1 aliphatic rings. The molecule has 17 heavy (non-hydrogen) atoms. The van der Waals surface area contributed by atoms with Crippen molar-refractivity contribution < 1.29 is 23.0 Å². The van der Waals surface area contributed by atoms with E-state index in [0.29, 0.717) is 12.8 Å². The molecule has 0 amide bonds. The fraction of sp³-hybridized carbons (Fsp3) is 0.455. The van der Waals surface area contributed by atoms with Gasteiger partial charge in [0.05, 0.1) is 23.3 Å². The van der Waals surface area contributed by atoms with Crippen LogP contribution in [0.25, 0.3) is 0 Å². The van der Waals surface area contributed by atoms with E-state index in [-0.39, 0.29) is 10.6 Å². The summed E-state index contributed by atoms with van der Waals surface area (Å²) in [6, 6.07) is 2.22.